The number of ether oxygens (including phenoxy) is 1. The summed E-state index contributed by atoms with van der Waals surface area (Å²) in [5, 5.41) is 38.3. The summed E-state index contributed by atoms with van der Waals surface area (Å²) in [6, 6.07) is 6.80. The smallest absolute Gasteiger partial charge is 0.167 e. The Kier molecular flexibility index (Phi) is 7.07. The number of aliphatic hydroxyl groups is 3. The molecule has 2 aromatic heterocycles. The maximum Gasteiger partial charge on any atom is 0.167 e. The molecular weight excluding hydrogens is 512 g/mol. The number of imidazole rings is 1. The van der Waals surface area contributed by atoms with Gasteiger partial charge in [0.1, 0.15) is 30.2 Å². The van der Waals surface area contributed by atoms with E-state index in [0.717, 1.165) is 36.9 Å². The lowest BCUT2D eigenvalue weighted by atomic mass is 9.77. The Morgan fingerprint density at radius 3 is 2.73 bits per heavy atom. The molecule has 12 nitrogen and oxygen atoms in total. The van der Waals surface area contributed by atoms with Crippen molar-refractivity contribution in [3.05, 3.63) is 36.4 Å². The monoisotopic (exact) mass is 552 g/mol. The van der Waals surface area contributed by atoms with Gasteiger partial charge in [-0.3, -0.25) is 4.57 Å². The van der Waals surface area contributed by atoms with E-state index in [-0.39, 0.29) is 24.0 Å². The van der Waals surface area contributed by atoms with Crippen LogP contribution >= 0.6 is 0 Å². The zero-order valence-corrected chi connectivity index (χ0v) is 23.2. The molecule has 12 heteroatoms. The molecule has 0 spiro atoms. The third kappa shape index (κ3) is 4.77. The predicted molar refractivity (Wildman–Crippen MR) is 152 cm³/mol. The minimum atomic E-state index is -1.11. The zero-order valence-electron chi connectivity index (χ0n) is 23.2. The van der Waals surface area contributed by atoms with E-state index in [4.69, 9.17) is 10.5 Å². The van der Waals surface area contributed by atoms with Crippen LogP contribution in [-0.2, 0) is 10.2 Å². The Morgan fingerprint density at radius 2 is 1.95 bits per heavy atom. The second kappa shape index (κ2) is 10.4. The van der Waals surface area contributed by atoms with Crippen molar-refractivity contribution >= 4 is 28.4 Å². The van der Waals surface area contributed by atoms with Crippen LogP contribution < -0.4 is 21.3 Å². The fourth-order valence-electron chi connectivity index (χ4n) is 6.17. The van der Waals surface area contributed by atoms with E-state index >= 15 is 0 Å². The van der Waals surface area contributed by atoms with Crippen LogP contribution in [0.1, 0.15) is 51.3 Å². The molecule has 40 heavy (non-hydrogen) atoms. The third-order valence-corrected chi connectivity index (χ3v) is 9.03. The highest BCUT2D eigenvalue weighted by Gasteiger charge is 2.45. The van der Waals surface area contributed by atoms with Crippen molar-refractivity contribution in [2.24, 2.45) is 5.92 Å². The Morgan fingerprint density at radius 1 is 1.15 bits per heavy atom. The van der Waals surface area contributed by atoms with Crippen LogP contribution in [0.2, 0.25) is 0 Å². The molecule has 1 aromatic carbocycles. The van der Waals surface area contributed by atoms with Gasteiger partial charge in [0.15, 0.2) is 17.7 Å². The van der Waals surface area contributed by atoms with Gasteiger partial charge in [0.05, 0.1) is 30.5 Å². The van der Waals surface area contributed by atoms with Crippen molar-refractivity contribution in [3.63, 3.8) is 0 Å². The second-order valence-corrected chi connectivity index (χ2v) is 12.2. The van der Waals surface area contributed by atoms with Crippen molar-refractivity contribution in [1.29, 1.82) is 0 Å². The fourth-order valence-corrected chi connectivity index (χ4v) is 6.17. The van der Waals surface area contributed by atoms with Gasteiger partial charge in [-0.15, -0.1) is 0 Å². The quantitative estimate of drug-likeness (QED) is 0.227. The Balaban J connectivity index is 0.963. The molecule has 1 aliphatic carbocycles. The van der Waals surface area contributed by atoms with E-state index in [1.54, 1.807) is 4.57 Å². The first kappa shape index (κ1) is 27.2. The molecule has 7 N–H and O–H groups in total. The number of nitrogens with zero attached hydrogens (tertiary/aromatic N) is 5. The lowest BCUT2D eigenvalue weighted by molar-refractivity contribution is -0.0358. The summed E-state index contributed by atoms with van der Waals surface area (Å²) in [6.45, 7) is 4.68. The normalized spacial score (nSPS) is 29.9. The fraction of sp³-hybridized carbons (Fsp3) is 0.607. The molecular formula is C28H40N8O4. The van der Waals surface area contributed by atoms with Gasteiger partial charge < -0.3 is 41.3 Å². The highest BCUT2D eigenvalue weighted by Crippen LogP contribution is 2.40. The summed E-state index contributed by atoms with van der Waals surface area (Å²) in [5.74, 6) is 0.904. The summed E-state index contributed by atoms with van der Waals surface area (Å²) in [4.78, 5) is 14.7. The second-order valence-electron chi connectivity index (χ2n) is 12.2. The maximum atomic E-state index is 10.7. The van der Waals surface area contributed by atoms with Crippen LogP contribution in [-0.4, -0.2) is 85.6 Å². The lowest BCUT2D eigenvalue weighted by Crippen LogP contribution is -2.47. The highest BCUT2D eigenvalue weighted by atomic mass is 16.6. The van der Waals surface area contributed by atoms with Crippen LogP contribution in [0.5, 0.6) is 0 Å². The van der Waals surface area contributed by atoms with E-state index in [9.17, 15) is 15.3 Å². The number of fused-ring (bicyclic) bond motifs is 2. The van der Waals surface area contributed by atoms with Gasteiger partial charge in [-0.25, -0.2) is 15.0 Å². The first-order chi connectivity index (χ1) is 19.2. The molecule has 4 heterocycles. The van der Waals surface area contributed by atoms with E-state index in [1.165, 1.54) is 18.3 Å². The van der Waals surface area contributed by atoms with Crippen LogP contribution in [0, 0.1) is 5.92 Å². The SMILES string of the molecule is CN1c2cc(C(C)(C)CO)ccc2NC1CCC1CC(NCC2OC(n3cnc4c(N)ncnc43)C(O)C2O)C1. The average molecular weight is 553 g/mol. The number of nitrogen functional groups attached to an aromatic ring is 1. The van der Waals surface area contributed by atoms with Gasteiger partial charge in [-0.2, -0.15) is 0 Å². The molecule has 2 fully saturated rings. The van der Waals surface area contributed by atoms with E-state index < -0.39 is 24.5 Å². The number of hydrogen-bond donors (Lipinski definition) is 6. The van der Waals surface area contributed by atoms with Gasteiger partial charge in [-0.1, -0.05) is 19.9 Å². The Hall–Kier alpha value is -3.03. The molecule has 0 amide bonds. The number of anilines is 3. The number of nitrogens with two attached hydrogens (primary N) is 1. The number of rotatable bonds is 9. The number of aromatic nitrogens is 4. The molecule has 1 saturated carbocycles. The third-order valence-electron chi connectivity index (χ3n) is 9.03. The summed E-state index contributed by atoms with van der Waals surface area (Å²) >= 11 is 0. The van der Waals surface area contributed by atoms with Crippen molar-refractivity contribution in [2.75, 3.05) is 36.1 Å². The Bertz CT molecular complexity index is 1360. The zero-order chi connectivity index (χ0) is 28.2. The molecule has 5 atom stereocenters. The van der Waals surface area contributed by atoms with Crippen molar-refractivity contribution < 1.29 is 20.1 Å². The number of hydrogen-bond acceptors (Lipinski definition) is 11. The van der Waals surface area contributed by atoms with Crippen LogP contribution in [0.3, 0.4) is 0 Å². The average Bonchev–Trinajstić information content (AvgIpc) is 3.57. The standard InChI is InChI=1S/C28H40N8O4/c1-28(2,12-37)16-5-6-18-19(10-16)35(3)21(34-18)7-4-15-8-17(9-15)30-11-20-23(38)24(39)27(40-20)36-14-33-22-25(29)31-13-32-26(22)36/h5-6,10,13-15,17,20-21,23-24,27,30,34,37-39H,4,7-9,11-12H2,1-3H3,(H2,29,31,32). The minimum absolute atomic E-state index is 0.114. The summed E-state index contributed by atoms with van der Waals surface area (Å²) in [7, 11) is 2.13. The van der Waals surface area contributed by atoms with E-state index in [1.807, 2.05) is 0 Å². The van der Waals surface area contributed by atoms with Gasteiger partial charge in [0.2, 0.25) is 0 Å². The van der Waals surface area contributed by atoms with Crippen LogP contribution in [0.4, 0.5) is 17.2 Å². The minimum Gasteiger partial charge on any atom is -0.395 e. The molecule has 5 unspecified atom stereocenters. The van der Waals surface area contributed by atoms with E-state index in [0.29, 0.717) is 29.7 Å². The molecule has 6 rings (SSSR count). The molecule has 1 saturated heterocycles. The van der Waals surface area contributed by atoms with Crippen LogP contribution in [0.25, 0.3) is 11.2 Å². The van der Waals surface area contributed by atoms with Crippen molar-refractivity contribution in [1.82, 2.24) is 24.8 Å². The Labute approximate surface area is 233 Å². The molecule has 2 aliphatic heterocycles. The van der Waals surface area contributed by atoms with Crippen molar-refractivity contribution in [2.45, 2.75) is 81.7 Å². The van der Waals surface area contributed by atoms with E-state index in [2.05, 4.69) is 69.6 Å². The van der Waals surface area contributed by atoms with Gasteiger partial charge >= 0.3 is 0 Å². The maximum absolute atomic E-state index is 10.7. The number of nitrogens with one attached hydrogen (secondary N) is 2. The molecule has 3 aromatic rings. The molecule has 3 aliphatic rings. The van der Waals surface area contributed by atoms with Gasteiger partial charge in [0, 0.05) is 25.0 Å². The summed E-state index contributed by atoms with van der Waals surface area (Å²) in [5.41, 5.74) is 9.98. The first-order valence-corrected chi connectivity index (χ1v) is 14.1. The molecule has 0 bridgehead atoms. The summed E-state index contributed by atoms with van der Waals surface area (Å²) in [6.07, 6.45) is 3.95. The molecule has 0 radical (unpaired) electrons. The van der Waals surface area contributed by atoms with Gasteiger partial charge in [0.25, 0.3) is 0 Å². The van der Waals surface area contributed by atoms with Crippen LogP contribution in [0.15, 0.2) is 30.9 Å². The first-order valence-electron chi connectivity index (χ1n) is 14.1. The topological polar surface area (TPSA) is 167 Å². The van der Waals surface area contributed by atoms with Gasteiger partial charge in [-0.05, 0) is 49.3 Å². The van der Waals surface area contributed by atoms with Crippen molar-refractivity contribution in [3.8, 4) is 0 Å². The highest BCUT2D eigenvalue weighted by molar-refractivity contribution is 5.81. The lowest BCUT2D eigenvalue weighted by Gasteiger charge is -2.38. The number of aliphatic hydroxyl groups excluding tert-OH is 3. The summed E-state index contributed by atoms with van der Waals surface area (Å²) < 4.78 is 7.65. The number of benzene rings is 1. The largest absolute Gasteiger partial charge is 0.395 e. The molecule has 216 valence electrons. The predicted octanol–water partition coefficient (Wildman–Crippen LogP) is 1.33.